The summed E-state index contributed by atoms with van der Waals surface area (Å²) >= 11 is 1.21. The number of carbonyl (C=O) groups excluding carboxylic acids is 1. The fourth-order valence-electron chi connectivity index (χ4n) is 4.18. The van der Waals surface area contributed by atoms with Gasteiger partial charge in [-0.3, -0.25) is 14.2 Å². The van der Waals surface area contributed by atoms with Gasteiger partial charge in [-0.15, -0.1) is 0 Å². The van der Waals surface area contributed by atoms with E-state index < -0.39 is 6.04 Å². The lowest BCUT2D eigenvalue weighted by Crippen LogP contribution is -2.40. The van der Waals surface area contributed by atoms with Crippen LogP contribution in [0, 0.1) is 5.82 Å². The number of carbonyl (C=O) groups is 1. The van der Waals surface area contributed by atoms with E-state index in [4.69, 9.17) is 4.74 Å². The van der Waals surface area contributed by atoms with Crippen molar-refractivity contribution < 1.29 is 13.9 Å². The third-order valence-corrected chi connectivity index (χ3v) is 6.86. The van der Waals surface area contributed by atoms with Crippen LogP contribution >= 0.6 is 11.3 Å². The van der Waals surface area contributed by atoms with Crippen LogP contribution in [-0.4, -0.2) is 17.6 Å². The highest BCUT2D eigenvalue weighted by molar-refractivity contribution is 7.07. The molecule has 0 spiro atoms. The van der Waals surface area contributed by atoms with Crippen molar-refractivity contribution in [3.63, 3.8) is 0 Å². The first-order chi connectivity index (χ1) is 17.4. The van der Waals surface area contributed by atoms with Crippen LogP contribution in [0.3, 0.4) is 0 Å². The van der Waals surface area contributed by atoms with Gasteiger partial charge in [0.2, 0.25) is 0 Å². The van der Waals surface area contributed by atoms with Crippen molar-refractivity contribution >= 4 is 29.0 Å². The van der Waals surface area contributed by atoms with Gasteiger partial charge in [-0.2, -0.15) is 0 Å². The maximum atomic E-state index is 13.7. The molecule has 1 aliphatic rings. The lowest BCUT2D eigenvalue weighted by atomic mass is 9.95. The summed E-state index contributed by atoms with van der Waals surface area (Å²) in [5, 5.41) is 2.92. The summed E-state index contributed by atoms with van der Waals surface area (Å²) in [7, 11) is 1.58. The summed E-state index contributed by atoms with van der Waals surface area (Å²) in [6.07, 6.45) is 1.64. The smallest absolute Gasteiger partial charge is 0.271 e. The third kappa shape index (κ3) is 4.50. The number of amides is 1. The number of nitrogens with zero attached hydrogens (tertiary/aromatic N) is 2. The van der Waals surface area contributed by atoms with Crippen LogP contribution in [0.5, 0.6) is 5.75 Å². The molecule has 4 aromatic rings. The fraction of sp³-hybridized carbons (Fsp3) is 0.107. The molecule has 0 bridgehead atoms. The fourth-order valence-corrected chi connectivity index (χ4v) is 5.23. The molecule has 5 rings (SSSR count). The Hall–Kier alpha value is -4.30. The molecule has 1 amide bonds. The zero-order chi connectivity index (χ0) is 25.2. The molecule has 3 aromatic carbocycles. The second-order valence-electron chi connectivity index (χ2n) is 8.23. The van der Waals surface area contributed by atoms with Gasteiger partial charge >= 0.3 is 0 Å². The molecule has 1 aromatic heterocycles. The number of halogens is 1. The van der Waals surface area contributed by atoms with Crippen LogP contribution in [-0.2, 0) is 4.79 Å². The zero-order valence-corrected chi connectivity index (χ0v) is 20.4. The Kier molecular flexibility index (Phi) is 6.35. The maximum absolute atomic E-state index is 13.7. The molecule has 0 radical (unpaired) electrons. The number of aromatic nitrogens is 1. The predicted octanol–water partition coefficient (Wildman–Crippen LogP) is 4.02. The minimum Gasteiger partial charge on any atom is -0.497 e. The minimum absolute atomic E-state index is 0.304. The second kappa shape index (κ2) is 9.75. The summed E-state index contributed by atoms with van der Waals surface area (Å²) in [4.78, 5) is 32.3. The first-order valence-corrected chi connectivity index (χ1v) is 12.0. The second-order valence-corrected chi connectivity index (χ2v) is 9.24. The average molecular weight is 500 g/mol. The van der Waals surface area contributed by atoms with Gasteiger partial charge < -0.3 is 10.1 Å². The van der Waals surface area contributed by atoms with Crippen LogP contribution < -0.4 is 24.9 Å². The standard InChI is InChI=1S/C28H22FN3O3S/c1-17-24(26(33)31-21-9-4-3-5-10-21)25(19-11-13-22(35-2)14-12-19)32-27(34)23(36-28(32)30-17)16-18-7-6-8-20(29)15-18/h3-16,25H,1-2H3,(H,31,33)/b23-16-. The molecular formula is C28H22FN3O3S. The van der Waals surface area contributed by atoms with Crippen molar-refractivity contribution in [3.05, 3.63) is 127 Å². The molecule has 1 aliphatic heterocycles. The summed E-state index contributed by atoms with van der Waals surface area (Å²) in [6.45, 7) is 1.76. The molecule has 0 fully saturated rings. The summed E-state index contributed by atoms with van der Waals surface area (Å²) in [6, 6.07) is 21.7. The van der Waals surface area contributed by atoms with Gasteiger partial charge in [0.15, 0.2) is 4.80 Å². The van der Waals surface area contributed by atoms with Crippen LogP contribution in [0.15, 0.2) is 99.9 Å². The van der Waals surface area contributed by atoms with Crippen LogP contribution in [0.4, 0.5) is 10.1 Å². The molecule has 1 atom stereocenters. The Morgan fingerprint density at radius 1 is 1.08 bits per heavy atom. The number of benzene rings is 3. The van der Waals surface area contributed by atoms with Crippen LogP contribution in [0.1, 0.15) is 24.1 Å². The number of methoxy groups -OCH3 is 1. The quantitative estimate of drug-likeness (QED) is 0.451. The molecule has 8 heteroatoms. The molecule has 180 valence electrons. The normalized spacial score (nSPS) is 15.3. The van der Waals surface area contributed by atoms with E-state index >= 15 is 0 Å². The van der Waals surface area contributed by atoms with E-state index in [1.54, 1.807) is 56.5 Å². The van der Waals surface area contributed by atoms with E-state index in [1.165, 1.54) is 28.0 Å². The minimum atomic E-state index is -0.703. The number of hydrogen-bond donors (Lipinski definition) is 1. The van der Waals surface area contributed by atoms with Crippen molar-refractivity contribution in [2.75, 3.05) is 12.4 Å². The SMILES string of the molecule is COc1ccc(C2C(C(=O)Nc3ccccc3)=C(C)N=c3s/c(=C\c4cccc(F)c4)c(=O)n32)cc1. The average Bonchev–Trinajstić information content (AvgIpc) is 3.18. The Balaban J connectivity index is 1.68. The number of fused-ring (bicyclic) bond motifs is 1. The number of ether oxygens (including phenoxy) is 1. The van der Waals surface area contributed by atoms with E-state index in [-0.39, 0.29) is 17.3 Å². The summed E-state index contributed by atoms with van der Waals surface area (Å²) in [5.74, 6) is -0.0701. The molecule has 0 aliphatic carbocycles. The van der Waals surface area contributed by atoms with Crippen LogP contribution in [0.25, 0.3) is 6.08 Å². The van der Waals surface area contributed by atoms with Gasteiger partial charge in [-0.1, -0.05) is 53.8 Å². The van der Waals surface area contributed by atoms with Crippen molar-refractivity contribution in [3.8, 4) is 5.75 Å². The van der Waals surface area contributed by atoms with Crippen molar-refractivity contribution in [1.82, 2.24) is 4.57 Å². The van der Waals surface area contributed by atoms with Gasteiger partial charge in [0.05, 0.1) is 29.0 Å². The van der Waals surface area contributed by atoms with Crippen LogP contribution in [0.2, 0.25) is 0 Å². The number of nitrogens with one attached hydrogen (secondary N) is 1. The Morgan fingerprint density at radius 3 is 2.53 bits per heavy atom. The number of para-hydroxylation sites is 1. The number of rotatable bonds is 5. The number of hydrogen-bond acceptors (Lipinski definition) is 5. The molecule has 0 saturated carbocycles. The summed E-state index contributed by atoms with van der Waals surface area (Å²) < 4.78 is 21.0. The molecule has 0 saturated heterocycles. The molecule has 1 N–H and O–H groups in total. The zero-order valence-electron chi connectivity index (χ0n) is 19.6. The number of thiazole rings is 1. The van der Waals surface area contributed by atoms with Gasteiger partial charge in [0.25, 0.3) is 11.5 Å². The highest BCUT2D eigenvalue weighted by Crippen LogP contribution is 2.31. The highest BCUT2D eigenvalue weighted by Gasteiger charge is 2.32. The first kappa shape index (κ1) is 23.4. The van der Waals surface area contributed by atoms with Gasteiger partial charge in [-0.05, 0) is 60.5 Å². The van der Waals surface area contributed by atoms with E-state index in [0.717, 1.165) is 5.56 Å². The van der Waals surface area contributed by atoms with E-state index in [0.29, 0.717) is 37.6 Å². The van der Waals surface area contributed by atoms with Crippen molar-refractivity contribution in [2.24, 2.45) is 4.99 Å². The van der Waals surface area contributed by atoms with Gasteiger partial charge in [-0.25, -0.2) is 9.38 Å². The Bertz CT molecular complexity index is 1650. The topological polar surface area (TPSA) is 72.7 Å². The largest absolute Gasteiger partial charge is 0.497 e. The molecule has 1 unspecified atom stereocenters. The third-order valence-electron chi connectivity index (χ3n) is 5.88. The van der Waals surface area contributed by atoms with E-state index in [1.807, 2.05) is 30.3 Å². The Morgan fingerprint density at radius 2 is 1.83 bits per heavy atom. The van der Waals surface area contributed by atoms with Crippen molar-refractivity contribution in [1.29, 1.82) is 0 Å². The molecular weight excluding hydrogens is 477 g/mol. The molecule has 36 heavy (non-hydrogen) atoms. The van der Waals surface area contributed by atoms with E-state index in [2.05, 4.69) is 10.3 Å². The van der Waals surface area contributed by atoms with Crippen molar-refractivity contribution in [2.45, 2.75) is 13.0 Å². The van der Waals surface area contributed by atoms with E-state index in [9.17, 15) is 14.0 Å². The number of allylic oxidation sites excluding steroid dienone is 1. The molecule has 2 heterocycles. The first-order valence-electron chi connectivity index (χ1n) is 11.2. The summed E-state index contributed by atoms with van der Waals surface area (Å²) in [5.41, 5.74) is 2.53. The number of anilines is 1. The maximum Gasteiger partial charge on any atom is 0.271 e. The lowest BCUT2D eigenvalue weighted by molar-refractivity contribution is -0.113. The monoisotopic (exact) mass is 499 g/mol. The highest BCUT2D eigenvalue weighted by atomic mass is 32.1. The predicted molar refractivity (Wildman–Crippen MR) is 138 cm³/mol. The Labute approximate surface area is 210 Å². The lowest BCUT2D eigenvalue weighted by Gasteiger charge is -2.25. The molecule has 6 nitrogen and oxygen atoms in total. The van der Waals surface area contributed by atoms with Gasteiger partial charge in [0.1, 0.15) is 11.6 Å². The van der Waals surface area contributed by atoms with Gasteiger partial charge in [0, 0.05) is 5.69 Å².